The molecule has 6 heteroatoms. The molecule has 166 valence electrons. The van der Waals surface area contributed by atoms with Crippen LogP contribution in [0.1, 0.15) is 24.2 Å². The lowest BCUT2D eigenvalue weighted by Gasteiger charge is -2.14. The summed E-state index contributed by atoms with van der Waals surface area (Å²) in [5.41, 5.74) is 4.99. The van der Waals surface area contributed by atoms with Crippen LogP contribution < -0.4 is 4.74 Å². The standard InChI is InChI=1S/C27H26N4O2/c1-2-14-30(13-1)15-17-32-23-9-6-20(7-10-23)18-26-28-27-5-3-4-24(31(27)29-26)21-8-11-25-22(19-21)12-16-33-25/h3-12,16,19H,1-2,13-15,17-18H2. The van der Waals surface area contributed by atoms with Crippen LogP contribution in [0.15, 0.2) is 77.4 Å². The molecule has 0 spiro atoms. The van der Waals surface area contributed by atoms with E-state index in [1.54, 1.807) is 6.26 Å². The summed E-state index contributed by atoms with van der Waals surface area (Å²) in [6.07, 6.45) is 5.02. The summed E-state index contributed by atoms with van der Waals surface area (Å²) < 4.78 is 13.3. The van der Waals surface area contributed by atoms with Gasteiger partial charge < -0.3 is 9.15 Å². The summed E-state index contributed by atoms with van der Waals surface area (Å²) in [5, 5.41) is 5.89. The topological polar surface area (TPSA) is 55.8 Å². The Morgan fingerprint density at radius 1 is 0.939 bits per heavy atom. The van der Waals surface area contributed by atoms with Crippen LogP contribution >= 0.6 is 0 Å². The normalized spacial score (nSPS) is 14.4. The Hall–Kier alpha value is -3.64. The molecule has 6 nitrogen and oxygen atoms in total. The van der Waals surface area contributed by atoms with E-state index in [0.717, 1.165) is 52.6 Å². The van der Waals surface area contributed by atoms with Gasteiger partial charge in [0.2, 0.25) is 0 Å². The van der Waals surface area contributed by atoms with Gasteiger partial charge in [-0.3, -0.25) is 4.90 Å². The number of fused-ring (bicyclic) bond motifs is 2. The van der Waals surface area contributed by atoms with Crippen molar-refractivity contribution in [2.24, 2.45) is 0 Å². The fraction of sp³-hybridized carbons (Fsp3) is 0.259. The third-order valence-corrected chi connectivity index (χ3v) is 6.31. The predicted molar refractivity (Wildman–Crippen MR) is 129 cm³/mol. The second-order valence-electron chi connectivity index (χ2n) is 8.60. The van der Waals surface area contributed by atoms with Crippen LogP contribution in [0.4, 0.5) is 0 Å². The highest BCUT2D eigenvalue weighted by atomic mass is 16.5. The van der Waals surface area contributed by atoms with Gasteiger partial charge in [0, 0.05) is 23.9 Å². The smallest absolute Gasteiger partial charge is 0.156 e. The van der Waals surface area contributed by atoms with Crippen LogP contribution in [0.2, 0.25) is 0 Å². The zero-order valence-corrected chi connectivity index (χ0v) is 18.5. The first-order valence-corrected chi connectivity index (χ1v) is 11.6. The first kappa shape index (κ1) is 20.0. The molecule has 0 bridgehead atoms. The molecule has 4 heterocycles. The maximum Gasteiger partial charge on any atom is 0.156 e. The predicted octanol–water partition coefficient (Wildman–Crippen LogP) is 5.21. The van der Waals surface area contributed by atoms with E-state index in [1.807, 2.05) is 40.9 Å². The Balaban J connectivity index is 1.17. The maximum absolute atomic E-state index is 5.93. The van der Waals surface area contributed by atoms with Gasteiger partial charge in [0.15, 0.2) is 11.5 Å². The average molecular weight is 439 g/mol. The first-order valence-electron chi connectivity index (χ1n) is 11.6. The first-order chi connectivity index (χ1) is 16.3. The molecule has 5 aromatic rings. The highest BCUT2D eigenvalue weighted by Crippen LogP contribution is 2.26. The largest absolute Gasteiger partial charge is 0.492 e. The monoisotopic (exact) mass is 438 g/mol. The average Bonchev–Trinajstić information content (AvgIpc) is 3.60. The van der Waals surface area contributed by atoms with Gasteiger partial charge in [-0.15, -0.1) is 0 Å². The summed E-state index contributed by atoms with van der Waals surface area (Å²) in [5.74, 6) is 1.72. The van der Waals surface area contributed by atoms with Gasteiger partial charge in [0.1, 0.15) is 17.9 Å². The molecule has 0 unspecified atom stereocenters. The summed E-state index contributed by atoms with van der Waals surface area (Å²) in [7, 11) is 0. The molecule has 33 heavy (non-hydrogen) atoms. The van der Waals surface area contributed by atoms with Crippen molar-refractivity contribution in [3.8, 4) is 17.0 Å². The summed E-state index contributed by atoms with van der Waals surface area (Å²) in [4.78, 5) is 7.22. The van der Waals surface area contributed by atoms with Crippen LogP contribution in [-0.2, 0) is 6.42 Å². The van der Waals surface area contributed by atoms with Crippen LogP contribution in [0.25, 0.3) is 27.9 Å². The van der Waals surface area contributed by atoms with Crippen molar-refractivity contribution < 1.29 is 9.15 Å². The number of furan rings is 1. The van der Waals surface area contributed by atoms with Gasteiger partial charge in [-0.2, -0.15) is 5.10 Å². The van der Waals surface area contributed by atoms with Crippen molar-refractivity contribution in [1.29, 1.82) is 0 Å². The SMILES string of the molecule is c1cc(-c2ccc3occc3c2)n2nc(Cc3ccc(OCCN4CCCC4)cc3)nc2c1. The van der Waals surface area contributed by atoms with Gasteiger partial charge in [-0.1, -0.05) is 18.2 Å². The Labute approximate surface area is 192 Å². The van der Waals surface area contributed by atoms with Crippen LogP contribution in [0, 0.1) is 0 Å². The van der Waals surface area contributed by atoms with E-state index in [9.17, 15) is 0 Å². The number of aromatic nitrogens is 3. The van der Waals surface area contributed by atoms with Gasteiger partial charge in [0.05, 0.1) is 12.0 Å². The summed E-state index contributed by atoms with van der Waals surface area (Å²) in [6, 6.07) is 22.5. The molecule has 2 aromatic carbocycles. The number of rotatable bonds is 7. The van der Waals surface area contributed by atoms with Gasteiger partial charge >= 0.3 is 0 Å². The number of hydrogen-bond acceptors (Lipinski definition) is 5. The van der Waals surface area contributed by atoms with Crippen molar-refractivity contribution in [3.63, 3.8) is 0 Å². The van der Waals surface area contributed by atoms with Gasteiger partial charge in [0.25, 0.3) is 0 Å². The molecule has 0 atom stereocenters. The van der Waals surface area contributed by atoms with Crippen molar-refractivity contribution in [2.45, 2.75) is 19.3 Å². The molecular weight excluding hydrogens is 412 g/mol. The van der Waals surface area contributed by atoms with E-state index >= 15 is 0 Å². The molecule has 1 aliphatic heterocycles. The molecule has 0 amide bonds. The van der Waals surface area contributed by atoms with Crippen LogP contribution in [0.5, 0.6) is 5.75 Å². The molecule has 0 radical (unpaired) electrons. The zero-order chi connectivity index (χ0) is 22.0. The number of nitrogens with zero attached hydrogens (tertiary/aromatic N) is 4. The highest BCUT2D eigenvalue weighted by Gasteiger charge is 2.12. The highest BCUT2D eigenvalue weighted by molar-refractivity contribution is 5.83. The number of hydrogen-bond donors (Lipinski definition) is 0. The molecule has 3 aromatic heterocycles. The lowest BCUT2D eigenvalue weighted by molar-refractivity contribution is 0.238. The van der Waals surface area contributed by atoms with Crippen molar-refractivity contribution in [1.82, 2.24) is 19.5 Å². The van der Waals surface area contributed by atoms with E-state index in [0.29, 0.717) is 6.42 Å². The molecule has 0 N–H and O–H groups in total. The Bertz CT molecular complexity index is 1380. The van der Waals surface area contributed by atoms with E-state index < -0.39 is 0 Å². The third kappa shape index (κ3) is 4.22. The number of benzene rings is 2. The molecular formula is C27H26N4O2. The summed E-state index contributed by atoms with van der Waals surface area (Å²) >= 11 is 0. The van der Waals surface area contributed by atoms with Gasteiger partial charge in [-0.05, 0) is 80.0 Å². The fourth-order valence-electron chi connectivity index (χ4n) is 4.55. The molecule has 1 fully saturated rings. The van der Waals surface area contributed by atoms with E-state index in [-0.39, 0.29) is 0 Å². The molecule has 6 rings (SSSR count). The quantitative estimate of drug-likeness (QED) is 0.349. The minimum atomic E-state index is 0.677. The Kier molecular flexibility index (Phi) is 5.28. The van der Waals surface area contributed by atoms with E-state index in [2.05, 4.69) is 35.2 Å². The minimum absolute atomic E-state index is 0.677. The lowest BCUT2D eigenvalue weighted by atomic mass is 10.1. The molecule has 1 aliphatic rings. The molecule has 0 saturated carbocycles. The second-order valence-corrected chi connectivity index (χ2v) is 8.60. The van der Waals surface area contributed by atoms with Crippen molar-refractivity contribution in [3.05, 3.63) is 84.4 Å². The third-order valence-electron chi connectivity index (χ3n) is 6.31. The second kappa shape index (κ2) is 8.71. The Morgan fingerprint density at radius 2 is 1.82 bits per heavy atom. The number of likely N-dealkylation sites (tertiary alicyclic amines) is 1. The van der Waals surface area contributed by atoms with Crippen LogP contribution in [0.3, 0.4) is 0 Å². The fourth-order valence-corrected chi connectivity index (χ4v) is 4.55. The zero-order valence-electron chi connectivity index (χ0n) is 18.5. The van der Waals surface area contributed by atoms with Gasteiger partial charge in [-0.25, -0.2) is 9.50 Å². The summed E-state index contributed by atoms with van der Waals surface area (Å²) in [6.45, 7) is 4.14. The number of pyridine rings is 1. The van der Waals surface area contributed by atoms with Crippen molar-refractivity contribution >= 4 is 16.6 Å². The van der Waals surface area contributed by atoms with E-state index in [1.165, 1.54) is 31.5 Å². The lowest BCUT2D eigenvalue weighted by Crippen LogP contribution is -2.25. The Morgan fingerprint density at radius 3 is 2.70 bits per heavy atom. The number of ether oxygens (including phenoxy) is 1. The van der Waals surface area contributed by atoms with Crippen molar-refractivity contribution in [2.75, 3.05) is 26.2 Å². The van der Waals surface area contributed by atoms with Crippen LogP contribution in [-0.4, -0.2) is 45.7 Å². The van der Waals surface area contributed by atoms with E-state index in [4.69, 9.17) is 19.2 Å². The molecule has 0 aliphatic carbocycles. The maximum atomic E-state index is 5.93. The minimum Gasteiger partial charge on any atom is -0.492 e. The molecule has 1 saturated heterocycles.